The first-order valence-corrected chi connectivity index (χ1v) is 15.8. The summed E-state index contributed by atoms with van der Waals surface area (Å²) in [6.07, 6.45) is -0.566. The van der Waals surface area contributed by atoms with Gasteiger partial charge in [-0.2, -0.15) is 4.31 Å². The van der Waals surface area contributed by atoms with E-state index in [1.165, 1.54) is 22.4 Å². The van der Waals surface area contributed by atoms with E-state index in [0.29, 0.717) is 35.7 Å². The molecule has 2 amide bonds. The van der Waals surface area contributed by atoms with E-state index >= 15 is 0 Å². The molecule has 1 aliphatic rings. The van der Waals surface area contributed by atoms with Crippen molar-refractivity contribution in [3.8, 4) is 11.5 Å². The summed E-state index contributed by atoms with van der Waals surface area (Å²) in [5.74, 6) is 0.0979. The van der Waals surface area contributed by atoms with Gasteiger partial charge in [-0.15, -0.1) is 0 Å². The van der Waals surface area contributed by atoms with Gasteiger partial charge < -0.3 is 19.7 Å². The maximum Gasteiger partial charge on any atom is 0.263 e. The summed E-state index contributed by atoms with van der Waals surface area (Å²) in [6.45, 7) is 1.67. The first-order chi connectivity index (χ1) is 21.3. The number of hydrogen-bond donors (Lipinski definition) is 1. The number of nitrogens with zero attached hydrogens (tertiary/aromatic N) is 2. The number of anilines is 1. The van der Waals surface area contributed by atoms with Gasteiger partial charge >= 0.3 is 0 Å². The molecule has 0 fully saturated rings. The van der Waals surface area contributed by atoms with Crippen LogP contribution in [-0.4, -0.2) is 57.4 Å². The summed E-state index contributed by atoms with van der Waals surface area (Å²) in [5.41, 5.74) is 3.01. The van der Waals surface area contributed by atoms with Crippen molar-refractivity contribution in [2.45, 2.75) is 30.9 Å². The Kier molecular flexibility index (Phi) is 9.62. The average Bonchev–Trinajstić information content (AvgIpc) is 3.05. The Morgan fingerprint density at radius 2 is 1.59 bits per heavy atom. The maximum absolute atomic E-state index is 14.0. The van der Waals surface area contributed by atoms with Crippen molar-refractivity contribution in [2.75, 3.05) is 31.6 Å². The molecule has 10 heteroatoms. The van der Waals surface area contributed by atoms with Crippen molar-refractivity contribution in [1.29, 1.82) is 0 Å². The summed E-state index contributed by atoms with van der Waals surface area (Å²) < 4.78 is 40.5. The lowest BCUT2D eigenvalue weighted by molar-refractivity contribution is -0.128. The molecule has 1 N–H and O–H groups in total. The van der Waals surface area contributed by atoms with E-state index in [4.69, 9.17) is 9.47 Å². The van der Waals surface area contributed by atoms with Crippen LogP contribution in [0.3, 0.4) is 0 Å². The van der Waals surface area contributed by atoms with Crippen molar-refractivity contribution in [3.05, 3.63) is 120 Å². The number of aryl methyl sites for hydroxylation is 1. The van der Waals surface area contributed by atoms with Gasteiger partial charge in [-0.3, -0.25) is 9.59 Å². The quantitative estimate of drug-likeness (QED) is 0.270. The molecule has 4 aromatic carbocycles. The highest BCUT2D eigenvalue weighted by Crippen LogP contribution is 2.34. The van der Waals surface area contributed by atoms with E-state index < -0.39 is 28.6 Å². The Bertz CT molecular complexity index is 1710. The number of rotatable bonds is 11. The molecule has 44 heavy (non-hydrogen) atoms. The van der Waals surface area contributed by atoms with Crippen LogP contribution in [0.4, 0.5) is 5.69 Å². The highest BCUT2D eigenvalue weighted by molar-refractivity contribution is 7.89. The number of ether oxygens (including phenoxy) is 2. The normalized spacial score (nSPS) is 14.4. The number of carbonyl (C=O) groups is 2. The van der Waals surface area contributed by atoms with Gasteiger partial charge in [-0.05, 0) is 60.4 Å². The molecule has 9 nitrogen and oxygen atoms in total. The van der Waals surface area contributed by atoms with E-state index in [1.807, 2.05) is 60.7 Å². The maximum atomic E-state index is 14.0. The molecule has 0 radical (unpaired) electrons. The van der Waals surface area contributed by atoms with Gasteiger partial charge in [0.2, 0.25) is 15.9 Å². The molecule has 0 unspecified atom stereocenters. The third-order valence-corrected chi connectivity index (χ3v) is 9.33. The van der Waals surface area contributed by atoms with Gasteiger partial charge in [0.05, 0.1) is 30.8 Å². The van der Waals surface area contributed by atoms with Crippen molar-refractivity contribution in [1.82, 2.24) is 9.62 Å². The zero-order valence-electron chi connectivity index (χ0n) is 24.7. The number of carbonyl (C=O) groups excluding carboxylic acids is 2. The minimum absolute atomic E-state index is 0.0648. The van der Waals surface area contributed by atoms with Crippen LogP contribution in [0.2, 0.25) is 0 Å². The van der Waals surface area contributed by atoms with E-state index in [-0.39, 0.29) is 23.9 Å². The highest BCUT2D eigenvalue weighted by atomic mass is 32.2. The lowest BCUT2D eigenvalue weighted by atomic mass is 10.1. The van der Waals surface area contributed by atoms with Gasteiger partial charge in [0, 0.05) is 13.1 Å². The fraction of sp³-hybridized carbons (Fsp3) is 0.235. The zero-order chi connectivity index (χ0) is 31.1. The lowest BCUT2D eigenvalue weighted by Gasteiger charge is -2.35. The van der Waals surface area contributed by atoms with Crippen LogP contribution in [0, 0.1) is 6.92 Å². The SMILES string of the molecule is COc1ccc(S(=O)(=O)N(CCc2ccccc2)CC(=O)N2C[C@H](C(=O)NCc3ccccc3)Oc3ccccc32)cc1C. The predicted molar refractivity (Wildman–Crippen MR) is 168 cm³/mol. The Hall–Kier alpha value is -4.67. The van der Waals surface area contributed by atoms with Crippen LogP contribution in [0.1, 0.15) is 16.7 Å². The van der Waals surface area contributed by atoms with E-state index in [9.17, 15) is 18.0 Å². The second-order valence-electron chi connectivity index (χ2n) is 10.5. The first kappa shape index (κ1) is 30.8. The first-order valence-electron chi connectivity index (χ1n) is 14.3. The predicted octanol–water partition coefficient (Wildman–Crippen LogP) is 4.35. The van der Waals surface area contributed by atoms with Crippen molar-refractivity contribution in [2.24, 2.45) is 0 Å². The topological polar surface area (TPSA) is 105 Å². The van der Waals surface area contributed by atoms with Crippen molar-refractivity contribution < 1.29 is 27.5 Å². The minimum Gasteiger partial charge on any atom is -0.496 e. The molecule has 0 spiro atoms. The van der Waals surface area contributed by atoms with Gasteiger partial charge in [0.1, 0.15) is 11.5 Å². The standard InChI is InChI=1S/C34H35N3O6S/c1-25-21-28(17-18-30(25)42-2)44(40,41)36(20-19-26-11-5-3-6-12-26)24-33(38)37-23-32(43-31-16-10-9-15-29(31)37)34(39)35-22-27-13-7-4-8-14-27/h3-18,21,32H,19-20,22-24H2,1-2H3,(H,35,39)/t32-/m1/s1. The lowest BCUT2D eigenvalue weighted by Crippen LogP contribution is -2.53. The average molecular weight is 614 g/mol. The summed E-state index contributed by atoms with van der Waals surface area (Å²) in [5, 5.41) is 2.88. The number of para-hydroxylation sites is 2. The Labute approximate surface area is 258 Å². The van der Waals surface area contributed by atoms with Gasteiger partial charge in [0.25, 0.3) is 5.91 Å². The van der Waals surface area contributed by atoms with Crippen LogP contribution >= 0.6 is 0 Å². The molecule has 0 saturated carbocycles. The number of methoxy groups -OCH3 is 1. The van der Waals surface area contributed by atoms with Crippen LogP contribution in [0.25, 0.3) is 0 Å². The molecule has 0 bridgehead atoms. The minimum atomic E-state index is -4.08. The Balaban J connectivity index is 1.40. The molecule has 0 saturated heterocycles. The van der Waals surface area contributed by atoms with E-state index in [2.05, 4.69) is 5.32 Å². The Morgan fingerprint density at radius 1 is 0.932 bits per heavy atom. The monoisotopic (exact) mass is 613 g/mol. The second kappa shape index (κ2) is 13.7. The zero-order valence-corrected chi connectivity index (χ0v) is 25.5. The molecule has 5 rings (SSSR count). The van der Waals surface area contributed by atoms with Crippen molar-refractivity contribution in [3.63, 3.8) is 0 Å². The number of amides is 2. The summed E-state index contributed by atoms with van der Waals surface area (Å²) >= 11 is 0. The van der Waals surface area contributed by atoms with E-state index in [1.54, 1.807) is 43.3 Å². The van der Waals surface area contributed by atoms with Gasteiger partial charge in [-0.25, -0.2) is 8.42 Å². The van der Waals surface area contributed by atoms with Crippen LogP contribution in [0.5, 0.6) is 11.5 Å². The third-order valence-electron chi connectivity index (χ3n) is 7.49. The molecule has 1 atom stereocenters. The molecule has 1 aliphatic heterocycles. The molecule has 4 aromatic rings. The molecule has 1 heterocycles. The summed E-state index contributed by atoms with van der Waals surface area (Å²) in [7, 11) is -2.55. The van der Waals surface area contributed by atoms with Gasteiger partial charge in [-0.1, -0.05) is 72.8 Å². The molecular weight excluding hydrogens is 578 g/mol. The van der Waals surface area contributed by atoms with Gasteiger partial charge in [0.15, 0.2) is 6.10 Å². The largest absolute Gasteiger partial charge is 0.496 e. The molecule has 0 aliphatic carbocycles. The van der Waals surface area contributed by atoms with Crippen LogP contribution in [-0.2, 0) is 32.6 Å². The highest BCUT2D eigenvalue weighted by Gasteiger charge is 2.36. The summed E-state index contributed by atoms with van der Waals surface area (Å²) in [6, 6.07) is 30.6. The van der Waals surface area contributed by atoms with Crippen LogP contribution in [0.15, 0.2) is 108 Å². The summed E-state index contributed by atoms with van der Waals surface area (Å²) in [4.78, 5) is 28.7. The fourth-order valence-electron chi connectivity index (χ4n) is 5.09. The molecule has 228 valence electrons. The number of sulfonamides is 1. The Morgan fingerprint density at radius 3 is 2.27 bits per heavy atom. The number of nitrogens with one attached hydrogen (secondary N) is 1. The van der Waals surface area contributed by atoms with Crippen molar-refractivity contribution >= 4 is 27.5 Å². The second-order valence-corrected chi connectivity index (χ2v) is 12.4. The van der Waals surface area contributed by atoms with E-state index in [0.717, 1.165) is 11.1 Å². The number of fused-ring (bicyclic) bond motifs is 1. The van der Waals surface area contributed by atoms with Crippen LogP contribution < -0.4 is 19.7 Å². The molecule has 0 aromatic heterocycles. The third kappa shape index (κ3) is 7.10. The fourth-order valence-corrected chi connectivity index (χ4v) is 6.56. The number of benzene rings is 4. The smallest absolute Gasteiger partial charge is 0.263 e. The molecular formula is C34H35N3O6S. The number of hydrogen-bond acceptors (Lipinski definition) is 6.